The molecule has 1 aliphatic rings. The standard InChI is InChI=1S/C20H19ClN4O2S/c21-17-8-7-16(28-17)19(26)23-11-15-12-27-20(24-15)14-5-3-13(4-6-14)18(22)25-9-1-2-10-25/h3-8,12,22H,1-2,9-11H2,(H,23,26). The number of carbonyl (C=O) groups is 1. The number of hydrogen-bond acceptors (Lipinski definition) is 5. The molecule has 0 atom stereocenters. The number of nitrogens with zero attached hydrogens (tertiary/aromatic N) is 2. The molecule has 0 saturated carbocycles. The molecular weight excluding hydrogens is 396 g/mol. The maximum Gasteiger partial charge on any atom is 0.261 e. The van der Waals surface area contributed by atoms with Crippen LogP contribution in [0.1, 0.15) is 33.8 Å². The molecule has 144 valence electrons. The van der Waals surface area contributed by atoms with E-state index in [1.807, 2.05) is 24.3 Å². The second-order valence-electron chi connectivity index (χ2n) is 6.55. The summed E-state index contributed by atoms with van der Waals surface area (Å²) in [6.45, 7) is 2.18. The second kappa shape index (κ2) is 8.16. The molecule has 1 fully saturated rings. The van der Waals surface area contributed by atoms with Crippen molar-refractivity contribution in [2.24, 2.45) is 0 Å². The number of benzene rings is 1. The van der Waals surface area contributed by atoms with Crippen molar-refractivity contribution in [3.8, 4) is 11.5 Å². The quantitative estimate of drug-likeness (QED) is 0.478. The van der Waals surface area contributed by atoms with Crippen molar-refractivity contribution in [3.05, 3.63) is 63.1 Å². The molecule has 1 saturated heterocycles. The summed E-state index contributed by atoms with van der Waals surface area (Å²) in [5, 5.41) is 11.1. The predicted molar refractivity (Wildman–Crippen MR) is 110 cm³/mol. The summed E-state index contributed by atoms with van der Waals surface area (Å²) in [4.78, 5) is 19.2. The first-order valence-corrected chi connectivity index (χ1v) is 10.2. The number of carbonyl (C=O) groups excluding carboxylic acids is 1. The number of thiophene rings is 1. The van der Waals surface area contributed by atoms with Crippen LogP contribution >= 0.6 is 22.9 Å². The van der Waals surface area contributed by atoms with Crippen LogP contribution in [0.4, 0.5) is 0 Å². The summed E-state index contributed by atoms with van der Waals surface area (Å²) >= 11 is 7.09. The van der Waals surface area contributed by atoms with E-state index >= 15 is 0 Å². The summed E-state index contributed by atoms with van der Waals surface area (Å²) in [7, 11) is 0. The Labute approximate surface area is 171 Å². The molecule has 1 amide bonds. The van der Waals surface area contributed by atoms with Crippen LogP contribution < -0.4 is 5.32 Å². The summed E-state index contributed by atoms with van der Waals surface area (Å²) in [5.74, 6) is 0.863. The molecule has 0 bridgehead atoms. The Morgan fingerprint density at radius 2 is 1.96 bits per heavy atom. The van der Waals surface area contributed by atoms with Crippen LogP contribution in [0.3, 0.4) is 0 Å². The number of amidine groups is 1. The van der Waals surface area contributed by atoms with Gasteiger partial charge in [-0.15, -0.1) is 11.3 Å². The number of halogens is 1. The van der Waals surface area contributed by atoms with Gasteiger partial charge in [0.05, 0.1) is 21.5 Å². The molecule has 4 rings (SSSR count). The zero-order valence-electron chi connectivity index (χ0n) is 15.1. The van der Waals surface area contributed by atoms with Crippen molar-refractivity contribution in [1.29, 1.82) is 5.41 Å². The van der Waals surface area contributed by atoms with E-state index in [4.69, 9.17) is 21.4 Å². The van der Waals surface area contributed by atoms with E-state index in [9.17, 15) is 4.79 Å². The smallest absolute Gasteiger partial charge is 0.261 e. The zero-order chi connectivity index (χ0) is 19.5. The van der Waals surface area contributed by atoms with Crippen LogP contribution in [0.5, 0.6) is 0 Å². The van der Waals surface area contributed by atoms with Gasteiger partial charge < -0.3 is 14.6 Å². The van der Waals surface area contributed by atoms with E-state index in [0.29, 0.717) is 26.6 Å². The van der Waals surface area contributed by atoms with Crippen molar-refractivity contribution >= 4 is 34.7 Å². The third kappa shape index (κ3) is 4.10. The largest absolute Gasteiger partial charge is 0.444 e. The van der Waals surface area contributed by atoms with Crippen molar-refractivity contribution in [1.82, 2.24) is 15.2 Å². The molecule has 2 aromatic heterocycles. The van der Waals surface area contributed by atoms with E-state index in [-0.39, 0.29) is 12.5 Å². The lowest BCUT2D eigenvalue weighted by Gasteiger charge is -2.18. The van der Waals surface area contributed by atoms with Crippen molar-refractivity contribution in [3.63, 3.8) is 0 Å². The van der Waals surface area contributed by atoms with E-state index in [0.717, 1.165) is 37.1 Å². The van der Waals surface area contributed by atoms with Gasteiger partial charge in [0.15, 0.2) is 0 Å². The van der Waals surface area contributed by atoms with Gasteiger partial charge in [-0.1, -0.05) is 23.7 Å². The van der Waals surface area contributed by atoms with E-state index < -0.39 is 0 Å². The second-order valence-corrected chi connectivity index (χ2v) is 8.27. The molecule has 0 aliphatic carbocycles. The Bertz CT molecular complexity index is 990. The lowest BCUT2D eigenvalue weighted by molar-refractivity contribution is 0.0954. The monoisotopic (exact) mass is 414 g/mol. The normalized spacial score (nSPS) is 13.7. The Hall–Kier alpha value is -2.64. The molecule has 0 radical (unpaired) electrons. The average Bonchev–Trinajstić information content (AvgIpc) is 3.47. The van der Waals surface area contributed by atoms with Gasteiger partial charge in [-0.2, -0.15) is 0 Å². The van der Waals surface area contributed by atoms with Gasteiger partial charge >= 0.3 is 0 Å². The zero-order valence-corrected chi connectivity index (χ0v) is 16.6. The summed E-state index contributed by atoms with van der Waals surface area (Å²) in [6.07, 6.45) is 3.84. The van der Waals surface area contributed by atoms with Gasteiger partial charge in [0.1, 0.15) is 12.1 Å². The molecule has 0 unspecified atom stereocenters. The Morgan fingerprint density at radius 1 is 1.21 bits per heavy atom. The van der Waals surface area contributed by atoms with E-state index in [1.165, 1.54) is 17.6 Å². The van der Waals surface area contributed by atoms with Crippen LogP contribution in [-0.4, -0.2) is 34.7 Å². The number of nitrogens with one attached hydrogen (secondary N) is 2. The van der Waals surface area contributed by atoms with Gasteiger partial charge in [0.25, 0.3) is 5.91 Å². The molecule has 8 heteroatoms. The average molecular weight is 415 g/mol. The van der Waals surface area contributed by atoms with E-state index in [1.54, 1.807) is 12.1 Å². The van der Waals surface area contributed by atoms with Gasteiger partial charge in [0.2, 0.25) is 5.89 Å². The summed E-state index contributed by atoms with van der Waals surface area (Å²) in [5.41, 5.74) is 2.36. The Morgan fingerprint density at radius 3 is 2.64 bits per heavy atom. The highest BCUT2D eigenvalue weighted by Gasteiger charge is 2.17. The van der Waals surface area contributed by atoms with E-state index in [2.05, 4.69) is 15.2 Å². The molecule has 3 heterocycles. The molecule has 6 nitrogen and oxygen atoms in total. The number of amides is 1. The Kier molecular flexibility index (Phi) is 5.45. The third-order valence-corrected chi connectivity index (χ3v) is 5.84. The van der Waals surface area contributed by atoms with Gasteiger partial charge in [0, 0.05) is 24.2 Å². The molecule has 3 aromatic rings. The highest BCUT2D eigenvalue weighted by molar-refractivity contribution is 7.17. The number of oxazole rings is 1. The minimum Gasteiger partial charge on any atom is -0.444 e. The molecular formula is C20H19ClN4O2S. The lowest BCUT2D eigenvalue weighted by Crippen LogP contribution is -2.27. The van der Waals surface area contributed by atoms with Gasteiger partial charge in [-0.25, -0.2) is 4.98 Å². The van der Waals surface area contributed by atoms with Crippen LogP contribution in [0, 0.1) is 5.41 Å². The number of hydrogen-bond donors (Lipinski definition) is 2. The SMILES string of the molecule is N=C(c1ccc(-c2nc(CNC(=O)c3ccc(Cl)s3)co2)cc1)N1CCCC1. The topological polar surface area (TPSA) is 82.2 Å². The first kappa shape index (κ1) is 18.7. The van der Waals surface area contributed by atoms with Gasteiger partial charge in [-0.3, -0.25) is 10.2 Å². The first-order valence-electron chi connectivity index (χ1n) is 9.02. The molecule has 0 spiro atoms. The van der Waals surface area contributed by atoms with Crippen LogP contribution in [-0.2, 0) is 6.54 Å². The molecule has 1 aliphatic heterocycles. The fraction of sp³-hybridized carbons (Fsp3) is 0.250. The highest BCUT2D eigenvalue weighted by Crippen LogP contribution is 2.22. The van der Waals surface area contributed by atoms with Crippen LogP contribution in [0.15, 0.2) is 47.1 Å². The summed E-state index contributed by atoms with van der Waals surface area (Å²) < 4.78 is 6.13. The lowest BCUT2D eigenvalue weighted by atomic mass is 10.1. The number of likely N-dealkylation sites (tertiary alicyclic amines) is 1. The molecule has 2 N–H and O–H groups in total. The minimum absolute atomic E-state index is 0.189. The van der Waals surface area contributed by atoms with Crippen molar-refractivity contribution in [2.45, 2.75) is 19.4 Å². The number of rotatable bonds is 5. The van der Waals surface area contributed by atoms with Crippen LogP contribution in [0.2, 0.25) is 4.34 Å². The van der Waals surface area contributed by atoms with Crippen LogP contribution in [0.25, 0.3) is 11.5 Å². The maximum atomic E-state index is 12.1. The molecule has 1 aromatic carbocycles. The maximum absolute atomic E-state index is 12.1. The highest BCUT2D eigenvalue weighted by atomic mass is 35.5. The third-order valence-electron chi connectivity index (χ3n) is 4.61. The Balaban J connectivity index is 1.38. The van der Waals surface area contributed by atoms with Gasteiger partial charge in [-0.05, 0) is 37.1 Å². The van der Waals surface area contributed by atoms with Crippen molar-refractivity contribution in [2.75, 3.05) is 13.1 Å². The minimum atomic E-state index is -0.189. The fourth-order valence-corrected chi connectivity index (χ4v) is 4.07. The summed E-state index contributed by atoms with van der Waals surface area (Å²) in [6, 6.07) is 11.0. The molecule has 28 heavy (non-hydrogen) atoms. The first-order chi connectivity index (χ1) is 13.6. The number of aromatic nitrogens is 1. The van der Waals surface area contributed by atoms with Crippen molar-refractivity contribution < 1.29 is 9.21 Å². The predicted octanol–water partition coefficient (Wildman–Crippen LogP) is 4.41. The fourth-order valence-electron chi connectivity index (χ4n) is 3.11.